The largest absolute Gasteiger partial charge is 0.497 e. The number of likely N-dealkylation sites (N-methyl/N-ethyl adjacent to an activating group) is 1. The molecule has 0 saturated carbocycles. The molecule has 2 heterocycles. The Bertz CT molecular complexity index is 1210. The maximum absolute atomic E-state index is 13.5. The second-order valence-electron chi connectivity index (χ2n) is 7.62. The van der Waals surface area contributed by atoms with Gasteiger partial charge in [-0.2, -0.15) is 0 Å². The highest BCUT2D eigenvalue weighted by atomic mass is 79.9. The first-order valence-corrected chi connectivity index (χ1v) is 12.8. The minimum atomic E-state index is -3.80. The average molecular weight is 600 g/mol. The summed E-state index contributed by atoms with van der Waals surface area (Å²) in [5, 5.41) is 1.35. The van der Waals surface area contributed by atoms with E-state index in [0.29, 0.717) is 27.3 Å². The zero-order valence-electron chi connectivity index (χ0n) is 18.3. The fraction of sp³-hybridized carbons (Fsp3) is 0.364. The quantitative estimate of drug-likeness (QED) is 0.386. The lowest BCUT2D eigenvalue weighted by atomic mass is 10.2. The maximum atomic E-state index is 13.5. The van der Waals surface area contributed by atoms with Gasteiger partial charge in [0.1, 0.15) is 5.75 Å². The molecule has 1 fully saturated rings. The van der Waals surface area contributed by atoms with Crippen LogP contribution in [0.5, 0.6) is 5.75 Å². The molecular formula is C22H27BrCl3N3O3S. The van der Waals surface area contributed by atoms with Crippen molar-refractivity contribution < 1.29 is 13.2 Å². The Kier molecular flexibility index (Phi) is 9.94. The molecule has 1 saturated heterocycles. The van der Waals surface area contributed by atoms with E-state index < -0.39 is 10.0 Å². The fourth-order valence-corrected chi connectivity index (χ4v) is 6.17. The minimum Gasteiger partial charge on any atom is -0.497 e. The Labute approximate surface area is 220 Å². The summed E-state index contributed by atoms with van der Waals surface area (Å²) in [5.41, 5.74) is 1.41. The van der Waals surface area contributed by atoms with Crippen LogP contribution in [-0.4, -0.2) is 62.0 Å². The van der Waals surface area contributed by atoms with Crippen molar-refractivity contribution in [3.05, 3.63) is 57.7 Å². The Hall–Kier alpha value is -1.000. The van der Waals surface area contributed by atoms with Crippen LogP contribution in [0.3, 0.4) is 0 Å². The molecule has 33 heavy (non-hydrogen) atoms. The van der Waals surface area contributed by atoms with Gasteiger partial charge in [0, 0.05) is 53.8 Å². The first kappa shape index (κ1) is 28.2. The second-order valence-corrected chi connectivity index (χ2v) is 10.7. The molecule has 0 unspecified atom stereocenters. The molecule has 1 aliphatic rings. The number of halogens is 4. The van der Waals surface area contributed by atoms with Gasteiger partial charge in [-0.3, -0.25) is 4.90 Å². The molecule has 182 valence electrons. The number of ether oxygens (including phenoxy) is 1. The summed E-state index contributed by atoms with van der Waals surface area (Å²) in [4.78, 5) is 4.94. The molecular weight excluding hydrogens is 573 g/mol. The van der Waals surface area contributed by atoms with Crippen LogP contribution in [0.1, 0.15) is 12.5 Å². The van der Waals surface area contributed by atoms with Crippen LogP contribution in [0.15, 0.2) is 52.0 Å². The van der Waals surface area contributed by atoms with E-state index in [0.717, 1.165) is 43.7 Å². The van der Waals surface area contributed by atoms with E-state index in [-0.39, 0.29) is 29.7 Å². The third kappa shape index (κ3) is 5.81. The van der Waals surface area contributed by atoms with Crippen molar-refractivity contribution >= 4 is 73.3 Å². The molecule has 1 aliphatic heterocycles. The second kappa shape index (κ2) is 11.6. The molecule has 0 N–H and O–H groups in total. The van der Waals surface area contributed by atoms with Gasteiger partial charge >= 0.3 is 0 Å². The van der Waals surface area contributed by atoms with Crippen LogP contribution in [0.4, 0.5) is 0 Å². The number of fused-ring (bicyclic) bond motifs is 1. The summed E-state index contributed by atoms with van der Waals surface area (Å²) in [6, 6.07) is 10.3. The van der Waals surface area contributed by atoms with Crippen LogP contribution in [-0.2, 0) is 16.6 Å². The van der Waals surface area contributed by atoms with E-state index in [1.807, 2.05) is 6.07 Å². The standard InChI is InChI=1S/C22H25BrClN3O3S.2ClH/c1-3-25-8-10-26(11-9-25)14-16-12-18(5-6-21(16)24)31(28,29)27-15-20(23)19-13-17(30-2)4-7-22(19)27;;/h4-7,12-13,15H,3,8-11,14H2,1-2H3;2*1H. The monoisotopic (exact) mass is 597 g/mol. The van der Waals surface area contributed by atoms with Gasteiger partial charge in [0.2, 0.25) is 0 Å². The summed E-state index contributed by atoms with van der Waals surface area (Å²) >= 11 is 9.92. The number of methoxy groups -OCH3 is 1. The highest BCUT2D eigenvalue weighted by Gasteiger charge is 2.23. The van der Waals surface area contributed by atoms with Crippen molar-refractivity contribution in [3.63, 3.8) is 0 Å². The first-order valence-electron chi connectivity index (χ1n) is 10.2. The van der Waals surface area contributed by atoms with Gasteiger partial charge in [-0.1, -0.05) is 18.5 Å². The topological polar surface area (TPSA) is 54.8 Å². The molecule has 4 rings (SSSR count). The molecule has 0 spiro atoms. The highest BCUT2D eigenvalue weighted by molar-refractivity contribution is 9.10. The van der Waals surface area contributed by atoms with Gasteiger partial charge in [0.25, 0.3) is 10.0 Å². The van der Waals surface area contributed by atoms with Crippen LogP contribution in [0.25, 0.3) is 10.9 Å². The normalized spacial score (nSPS) is 15.2. The lowest BCUT2D eigenvalue weighted by molar-refractivity contribution is 0.132. The fourth-order valence-electron chi connectivity index (χ4n) is 3.92. The van der Waals surface area contributed by atoms with E-state index in [4.69, 9.17) is 16.3 Å². The number of hydrogen-bond acceptors (Lipinski definition) is 5. The molecule has 3 aromatic rings. The third-order valence-electron chi connectivity index (χ3n) is 5.81. The lowest BCUT2D eigenvalue weighted by Crippen LogP contribution is -2.45. The van der Waals surface area contributed by atoms with Gasteiger partial charge in [-0.05, 0) is 64.4 Å². The van der Waals surface area contributed by atoms with Gasteiger partial charge in [-0.15, -0.1) is 24.8 Å². The molecule has 0 atom stereocenters. The Morgan fingerprint density at radius 2 is 1.70 bits per heavy atom. The Morgan fingerprint density at radius 1 is 1.03 bits per heavy atom. The van der Waals surface area contributed by atoms with Crippen LogP contribution < -0.4 is 4.74 Å². The van der Waals surface area contributed by atoms with Gasteiger partial charge in [-0.25, -0.2) is 12.4 Å². The summed E-state index contributed by atoms with van der Waals surface area (Å²) in [5.74, 6) is 0.667. The molecule has 1 aromatic heterocycles. The van der Waals surface area contributed by atoms with Crippen molar-refractivity contribution in [2.24, 2.45) is 0 Å². The van der Waals surface area contributed by atoms with E-state index in [2.05, 4.69) is 32.7 Å². The molecule has 6 nitrogen and oxygen atoms in total. The van der Waals surface area contributed by atoms with Crippen molar-refractivity contribution in [2.75, 3.05) is 39.8 Å². The van der Waals surface area contributed by atoms with Crippen LogP contribution in [0, 0.1) is 0 Å². The van der Waals surface area contributed by atoms with Crippen LogP contribution in [0.2, 0.25) is 5.02 Å². The lowest BCUT2D eigenvalue weighted by Gasteiger charge is -2.34. The predicted molar refractivity (Wildman–Crippen MR) is 142 cm³/mol. The zero-order chi connectivity index (χ0) is 22.2. The summed E-state index contributed by atoms with van der Waals surface area (Å²) in [6.07, 6.45) is 1.58. The summed E-state index contributed by atoms with van der Waals surface area (Å²) in [6.45, 7) is 7.76. The van der Waals surface area contributed by atoms with Gasteiger partial charge < -0.3 is 9.64 Å². The van der Waals surface area contributed by atoms with E-state index >= 15 is 0 Å². The number of aromatic nitrogens is 1. The zero-order valence-corrected chi connectivity index (χ0v) is 23.1. The van der Waals surface area contributed by atoms with Crippen molar-refractivity contribution in [1.29, 1.82) is 0 Å². The van der Waals surface area contributed by atoms with Crippen LogP contribution >= 0.6 is 52.3 Å². The van der Waals surface area contributed by atoms with Gasteiger partial charge in [0.05, 0.1) is 17.5 Å². The number of benzene rings is 2. The first-order chi connectivity index (χ1) is 14.8. The summed E-state index contributed by atoms with van der Waals surface area (Å²) < 4.78 is 34.3. The Morgan fingerprint density at radius 3 is 2.33 bits per heavy atom. The Balaban J connectivity index is 0.00000193. The molecule has 11 heteroatoms. The summed E-state index contributed by atoms with van der Waals surface area (Å²) in [7, 11) is -2.21. The highest BCUT2D eigenvalue weighted by Crippen LogP contribution is 2.33. The minimum absolute atomic E-state index is 0. The van der Waals surface area contributed by atoms with E-state index in [9.17, 15) is 8.42 Å². The van der Waals surface area contributed by atoms with Crippen molar-refractivity contribution in [1.82, 2.24) is 13.8 Å². The van der Waals surface area contributed by atoms with Gasteiger partial charge in [0.15, 0.2) is 0 Å². The van der Waals surface area contributed by atoms with E-state index in [1.165, 1.54) is 3.97 Å². The number of rotatable bonds is 6. The SMILES string of the molecule is CCN1CCN(Cc2cc(S(=O)(=O)n3cc(Br)c4cc(OC)ccc43)ccc2Cl)CC1.Cl.Cl. The smallest absolute Gasteiger partial charge is 0.268 e. The molecule has 0 aliphatic carbocycles. The maximum Gasteiger partial charge on any atom is 0.268 e. The molecule has 0 bridgehead atoms. The molecule has 0 amide bonds. The van der Waals surface area contributed by atoms with E-state index in [1.54, 1.807) is 43.6 Å². The van der Waals surface area contributed by atoms with Crippen molar-refractivity contribution in [3.8, 4) is 5.75 Å². The molecule has 2 aromatic carbocycles. The number of hydrogen-bond donors (Lipinski definition) is 0. The number of piperazine rings is 1. The van der Waals surface area contributed by atoms with Crippen molar-refractivity contribution in [2.45, 2.75) is 18.4 Å². The molecule has 0 radical (unpaired) electrons. The average Bonchev–Trinajstić information content (AvgIpc) is 3.12. The third-order valence-corrected chi connectivity index (χ3v) is 8.48. The predicted octanol–water partition coefficient (Wildman–Crippen LogP) is 5.28. The number of nitrogens with zero attached hydrogens (tertiary/aromatic N) is 3.